The molecule has 191 valence electrons. The van der Waals surface area contributed by atoms with Gasteiger partial charge in [0.15, 0.2) is 0 Å². The molecule has 3 heterocycles. The molecule has 0 saturated heterocycles. The standard InChI is InChI=1S/C18H13N2.C16H16N.Er/c1-14(12-19)8-9-15(2)17-10-11-18(20-13-17)16-6-4-3-5-7-16;1-11-7-6-10-16-15-9-5-4-8-14(15)12(2)13(3)17(11)16;/h3-6,8-11,13H,1-2H2;4-10H,1-3H3;/q2*-1;+3/b9-8-;;. The summed E-state index contributed by atoms with van der Waals surface area (Å²) in [5.41, 5.74) is 9.19. The van der Waals surface area contributed by atoms with Gasteiger partial charge >= 0.3 is 37.3 Å². The third kappa shape index (κ3) is 6.46. The molecule has 0 atom stereocenters. The van der Waals surface area contributed by atoms with Crippen molar-refractivity contribution < 1.29 is 41.9 Å². The number of pyridine rings is 2. The zero-order chi connectivity index (χ0) is 26.4. The molecule has 3 nitrogen and oxygen atoms in total. The molecule has 1 radical (unpaired) electrons. The molecule has 0 fully saturated rings. The summed E-state index contributed by atoms with van der Waals surface area (Å²) in [5, 5.41) is 8.63. The first-order valence-corrected chi connectivity index (χ1v) is 12.1. The third-order valence-electron chi connectivity index (χ3n) is 6.42. The molecule has 4 aromatic rings. The van der Waals surface area contributed by atoms with Crippen LogP contribution in [0.25, 0.3) is 28.1 Å². The van der Waals surface area contributed by atoms with Gasteiger partial charge in [-0.1, -0.05) is 62.6 Å². The van der Waals surface area contributed by atoms with Crippen molar-refractivity contribution in [2.45, 2.75) is 20.8 Å². The molecular weight excluding hydrogens is 618 g/mol. The average Bonchev–Trinajstić information content (AvgIpc) is 2.95. The summed E-state index contributed by atoms with van der Waals surface area (Å²) in [5.74, 6) is 1.37. The van der Waals surface area contributed by atoms with Gasteiger partial charge in [-0.3, -0.25) is 0 Å². The Labute approximate surface area is 256 Å². The van der Waals surface area contributed by atoms with Crippen molar-refractivity contribution in [3.05, 3.63) is 151 Å². The zero-order valence-electron chi connectivity index (χ0n) is 21.8. The normalized spacial score (nSPS) is 11.3. The average molecular weight is 647 g/mol. The van der Waals surface area contributed by atoms with Crippen LogP contribution in [0.2, 0.25) is 0 Å². The second-order valence-electron chi connectivity index (χ2n) is 8.85. The summed E-state index contributed by atoms with van der Waals surface area (Å²) >= 11 is 0. The van der Waals surface area contributed by atoms with Crippen molar-refractivity contribution in [3.8, 4) is 28.6 Å². The van der Waals surface area contributed by atoms with E-state index in [-0.39, 0.29) is 37.3 Å². The Bertz CT molecular complexity index is 1500. The summed E-state index contributed by atoms with van der Waals surface area (Å²) in [6.45, 7) is 14.1. The molecule has 1 aliphatic rings. The molecule has 2 aromatic heterocycles. The summed E-state index contributed by atoms with van der Waals surface area (Å²) in [6.07, 6.45) is 5.16. The van der Waals surface area contributed by atoms with E-state index in [4.69, 9.17) is 5.26 Å². The molecule has 0 amide bonds. The van der Waals surface area contributed by atoms with Crippen LogP contribution in [-0.4, -0.2) is 4.98 Å². The molecule has 5 rings (SSSR count). The number of nitrogens with zero attached hydrogens (tertiary/aromatic N) is 3. The quantitative estimate of drug-likeness (QED) is 0.0997. The molecule has 38 heavy (non-hydrogen) atoms. The number of benzene rings is 2. The van der Waals surface area contributed by atoms with Crippen LogP contribution in [0, 0.1) is 73.6 Å². The number of allylic oxidation sites excluding steroid dienone is 4. The van der Waals surface area contributed by atoms with Crippen LogP contribution < -0.4 is 4.57 Å². The number of aryl methyl sites for hydroxylation is 1. The minimum atomic E-state index is 0. The third-order valence-corrected chi connectivity index (χ3v) is 6.42. The molecular formula is C34H29ErN3+. The molecule has 0 saturated carbocycles. The van der Waals surface area contributed by atoms with E-state index < -0.39 is 0 Å². The van der Waals surface area contributed by atoms with E-state index in [1.807, 2.05) is 42.5 Å². The van der Waals surface area contributed by atoms with Crippen molar-refractivity contribution in [2.75, 3.05) is 0 Å². The van der Waals surface area contributed by atoms with Gasteiger partial charge in [0.25, 0.3) is 0 Å². The molecule has 0 aliphatic carbocycles. The number of rotatable bonds is 4. The van der Waals surface area contributed by atoms with E-state index >= 15 is 0 Å². The summed E-state index contributed by atoms with van der Waals surface area (Å²) in [6, 6.07) is 33.1. The Morgan fingerprint density at radius 2 is 1.74 bits per heavy atom. The summed E-state index contributed by atoms with van der Waals surface area (Å²) < 4.78 is 2.34. The van der Waals surface area contributed by atoms with Gasteiger partial charge in [0.1, 0.15) is 0 Å². The smallest absolute Gasteiger partial charge is 0.343 e. The van der Waals surface area contributed by atoms with Crippen molar-refractivity contribution in [1.82, 2.24) is 4.98 Å². The number of aromatic nitrogens is 2. The van der Waals surface area contributed by atoms with Crippen molar-refractivity contribution >= 4 is 5.57 Å². The first-order valence-electron chi connectivity index (χ1n) is 12.1. The van der Waals surface area contributed by atoms with Gasteiger partial charge in [-0.2, -0.15) is 16.9 Å². The van der Waals surface area contributed by atoms with Crippen molar-refractivity contribution in [1.29, 1.82) is 5.26 Å². The molecule has 0 unspecified atom stereocenters. The Kier molecular flexibility index (Phi) is 10.1. The van der Waals surface area contributed by atoms with E-state index in [9.17, 15) is 0 Å². The Morgan fingerprint density at radius 3 is 2.42 bits per heavy atom. The predicted molar refractivity (Wildman–Crippen MR) is 151 cm³/mol. The molecule has 2 aromatic carbocycles. The SMILES string of the molecule is C=C(C#N)/C=C\C(=C)c1ccc(-c2[c-]cccc2)nc1.Cc1cccc2[n+]1[C-](C)[C-](C)c1ccccc1-2.[Er+3]. The van der Waals surface area contributed by atoms with E-state index in [0.717, 1.165) is 22.4 Å². The number of hydrogen-bond acceptors (Lipinski definition) is 2. The minimum absolute atomic E-state index is 0. The Hall–Kier alpha value is -3.56. The van der Waals surface area contributed by atoms with Crippen LogP contribution in [0.3, 0.4) is 0 Å². The fraction of sp³-hybridized carbons (Fsp3) is 0.0882. The number of nitriles is 1. The van der Waals surface area contributed by atoms with Crippen LogP contribution in [0.5, 0.6) is 0 Å². The topological polar surface area (TPSA) is 40.6 Å². The maximum absolute atomic E-state index is 8.63. The van der Waals surface area contributed by atoms with Gasteiger partial charge in [0.2, 0.25) is 0 Å². The van der Waals surface area contributed by atoms with Crippen LogP contribution in [-0.2, 0) is 0 Å². The largest absolute Gasteiger partial charge is 3.00 e. The zero-order valence-corrected chi connectivity index (χ0v) is 23.6. The first kappa shape index (κ1) is 29.0. The Balaban J connectivity index is 0.000000207. The number of fused-ring (bicyclic) bond motifs is 3. The van der Waals surface area contributed by atoms with Crippen LogP contribution in [0.15, 0.2) is 116 Å². The van der Waals surface area contributed by atoms with Crippen LogP contribution in [0.1, 0.15) is 30.7 Å². The second-order valence-corrected chi connectivity index (χ2v) is 8.85. The van der Waals surface area contributed by atoms with Crippen LogP contribution in [0.4, 0.5) is 0 Å². The Morgan fingerprint density at radius 1 is 0.974 bits per heavy atom. The van der Waals surface area contributed by atoms with Gasteiger partial charge in [0.05, 0.1) is 17.5 Å². The van der Waals surface area contributed by atoms with Crippen molar-refractivity contribution in [3.63, 3.8) is 0 Å². The van der Waals surface area contributed by atoms with Gasteiger partial charge in [-0.05, 0) is 36.8 Å². The predicted octanol–water partition coefficient (Wildman–Crippen LogP) is 7.50. The van der Waals surface area contributed by atoms with E-state index in [1.54, 1.807) is 18.3 Å². The van der Waals surface area contributed by atoms with E-state index in [2.05, 4.69) is 92.0 Å². The molecule has 0 N–H and O–H groups in total. The molecule has 4 heteroatoms. The number of hydrogen-bond donors (Lipinski definition) is 0. The first-order chi connectivity index (χ1) is 17.9. The van der Waals surface area contributed by atoms with Gasteiger partial charge < -0.3 is 9.55 Å². The minimum Gasteiger partial charge on any atom is -0.343 e. The molecule has 0 bridgehead atoms. The van der Waals surface area contributed by atoms with Crippen LogP contribution >= 0.6 is 0 Å². The van der Waals surface area contributed by atoms with E-state index in [1.165, 1.54) is 34.5 Å². The maximum Gasteiger partial charge on any atom is 3.00 e. The molecule has 0 spiro atoms. The monoisotopic (exact) mass is 645 g/mol. The summed E-state index contributed by atoms with van der Waals surface area (Å²) in [7, 11) is 0. The molecule has 1 aliphatic heterocycles. The maximum atomic E-state index is 8.63. The second kappa shape index (κ2) is 13.3. The fourth-order valence-corrected chi connectivity index (χ4v) is 4.30. The van der Waals surface area contributed by atoms with Gasteiger partial charge in [0, 0.05) is 17.8 Å². The summed E-state index contributed by atoms with van der Waals surface area (Å²) in [4.78, 5) is 4.40. The fourth-order valence-electron chi connectivity index (χ4n) is 4.30. The van der Waals surface area contributed by atoms with Gasteiger partial charge in [-0.25, -0.2) is 0 Å². The van der Waals surface area contributed by atoms with E-state index in [0.29, 0.717) is 5.57 Å². The van der Waals surface area contributed by atoms with Gasteiger partial charge in [-0.15, -0.1) is 59.5 Å². The van der Waals surface area contributed by atoms with Crippen molar-refractivity contribution in [2.24, 2.45) is 0 Å².